The SMILES string of the molecule is O=C(CCNS(=O)(=O)/C=C/c1ccccc1)NC1CCN(Cc2cccc(C(F)(F)F)c2)CC1. The topological polar surface area (TPSA) is 78.5 Å². The third-order valence-corrected chi connectivity index (χ3v) is 6.61. The normalized spacial score (nSPS) is 16.1. The fourth-order valence-corrected chi connectivity index (χ4v) is 4.55. The van der Waals surface area contributed by atoms with Crippen LogP contribution in [0, 0.1) is 0 Å². The van der Waals surface area contributed by atoms with E-state index in [0.29, 0.717) is 38.0 Å². The fourth-order valence-electron chi connectivity index (χ4n) is 3.73. The number of piperidine rings is 1. The average molecular weight is 496 g/mol. The highest BCUT2D eigenvalue weighted by atomic mass is 32.2. The maximum atomic E-state index is 12.9. The van der Waals surface area contributed by atoms with Crippen molar-refractivity contribution in [1.29, 1.82) is 0 Å². The zero-order valence-electron chi connectivity index (χ0n) is 18.6. The minimum Gasteiger partial charge on any atom is -0.353 e. The Kier molecular flexibility index (Phi) is 8.87. The molecule has 10 heteroatoms. The molecule has 0 radical (unpaired) electrons. The van der Waals surface area contributed by atoms with Crippen molar-refractivity contribution in [3.63, 3.8) is 0 Å². The Morgan fingerprint density at radius 3 is 2.44 bits per heavy atom. The summed E-state index contributed by atoms with van der Waals surface area (Å²) in [6, 6.07) is 14.3. The van der Waals surface area contributed by atoms with Gasteiger partial charge in [-0.1, -0.05) is 48.5 Å². The van der Waals surface area contributed by atoms with Crippen LogP contribution in [0.15, 0.2) is 60.0 Å². The molecule has 0 aliphatic carbocycles. The van der Waals surface area contributed by atoms with Crippen molar-refractivity contribution in [2.24, 2.45) is 0 Å². The largest absolute Gasteiger partial charge is 0.416 e. The van der Waals surface area contributed by atoms with E-state index >= 15 is 0 Å². The molecule has 1 fully saturated rings. The molecule has 3 rings (SSSR count). The number of halogens is 3. The summed E-state index contributed by atoms with van der Waals surface area (Å²) in [6.07, 6.45) is -1.51. The molecule has 184 valence electrons. The fraction of sp³-hybridized carbons (Fsp3) is 0.375. The second-order valence-electron chi connectivity index (χ2n) is 8.22. The second kappa shape index (κ2) is 11.6. The number of amides is 1. The number of rotatable bonds is 9. The van der Waals surface area contributed by atoms with Crippen LogP contribution in [-0.2, 0) is 27.5 Å². The molecule has 6 nitrogen and oxygen atoms in total. The van der Waals surface area contributed by atoms with E-state index in [9.17, 15) is 26.4 Å². The molecule has 0 spiro atoms. The lowest BCUT2D eigenvalue weighted by Crippen LogP contribution is -2.44. The number of benzene rings is 2. The van der Waals surface area contributed by atoms with E-state index < -0.39 is 21.8 Å². The molecular weight excluding hydrogens is 467 g/mol. The van der Waals surface area contributed by atoms with Crippen molar-refractivity contribution < 1.29 is 26.4 Å². The molecule has 0 aromatic heterocycles. The predicted octanol–water partition coefficient (Wildman–Crippen LogP) is 3.77. The standard InChI is InChI=1S/C24H28F3N3O3S/c25-24(26,27)21-8-4-7-20(17-21)18-30-14-10-22(11-15-30)29-23(31)9-13-28-34(32,33)16-12-19-5-2-1-3-6-19/h1-8,12,16-17,22,28H,9-11,13-15,18H2,(H,29,31)/b16-12+. The number of nitrogens with zero attached hydrogens (tertiary/aromatic N) is 1. The summed E-state index contributed by atoms with van der Waals surface area (Å²) in [5.74, 6) is -0.244. The highest BCUT2D eigenvalue weighted by molar-refractivity contribution is 7.92. The minimum atomic E-state index is -4.36. The third kappa shape index (κ3) is 8.58. The molecule has 2 aromatic carbocycles. The van der Waals surface area contributed by atoms with Crippen LogP contribution in [0.3, 0.4) is 0 Å². The van der Waals surface area contributed by atoms with Crippen molar-refractivity contribution in [3.05, 3.63) is 76.7 Å². The molecule has 1 heterocycles. The van der Waals surface area contributed by atoms with Crippen molar-refractivity contribution in [2.75, 3.05) is 19.6 Å². The predicted molar refractivity (Wildman–Crippen MR) is 125 cm³/mol. The van der Waals surface area contributed by atoms with E-state index in [2.05, 4.69) is 14.9 Å². The first-order chi connectivity index (χ1) is 16.1. The lowest BCUT2D eigenvalue weighted by molar-refractivity contribution is -0.137. The van der Waals surface area contributed by atoms with E-state index in [-0.39, 0.29) is 24.9 Å². The van der Waals surface area contributed by atoms with Gasteiger partial charge in [-0.3, -0.25) is 9.69 Å². The lowest BCUT2D eigenvalue weighted by atomic mass is 10.0. The number of carbonyl (C=O) groups excluding carboxylic acids is 1. The van der Waals surface area contributed by atoms with Crippen LogP contribution in [0.5, 0.6) is 0 Å². The average Bonchev–Trinajstić information content (AvgIpc) is 2.79. The molecule has 1 aliphatic rings. The van der Waals surface area contributed by atoms with E-state index in [1.807, 2.05) is 6.07 Å². The Morgan fingerprint density at radius 2 is 1.76 bits per heavy atom. The van der Waals surface area contributed by atoms with Crippen LogP contribution in [0.25, 0.3) is 6.08 Å². The number of carbonyl (C=O) groups is 1. The number of alkyl halides is 3. The molecule has 0 saturated carbocycles. The number of hydrogen-bond acceptors (Lipinski definition) is 4. The van der Waals surface area contributed by atoms with Gasteiger partial charge in [-0.25, -0.2) is 13.1 Å². The van der Waals surface area contributed by atoms with Crippen LogP contribution in [0.2, 0.25) is 0 Å². The summed E-state index contributed by atoms with van der Waals surface area (Å²) < 4.78 is 65.1. The zero-order chi connectivity index (χ0) is 24.6. The number of sulfonamides is 1. The van der Waals surface area contributed by atoms with E-state index in [4.69, 9.17) is 0 Å². The van der Waals surface area contributed by atoms with Gasteiger partial charge in [0.1, 0.15) is 0 Å². The van der Waals surface area contributed by atoms with Crippen LogP contribution in [0.1, 0.15) is 36.0 Å². The lowest BCUT2D eigenvalue weighted by Gasteiger charge is -2.32. The van der Waals surface area contributed by atoms with E-state index in [1.165, 1.54) is 18.2 Å². The Bertz CT molecular complexity index is 1080. The monoisotopic (exact) mass is 495 g/mol. The van der Waals surface area contributed by atoms with Crippen LogP contribution >= 0.6 is 0 Å². The van der Waals surface area contributed by atoms with Gasteiger partial charge in [0, 0.05) is 44.0 Å². The molecule has 2 aromatic rings. The molecule has 2 N–H and O–H groups in total. The van der Waals surface area contributed by atoms with Gasteiger partial charge in [0.15, 0.2) is 0 Å². The molecule has 0 unspecified atom stereocenters. The maximum Gasteiger partial charge on any atom is 0.416 e. The molecule has 0 atom stereocenters. The van der Waals surface area contributed by atoms with Crippen molar-refractivity contribution in [1.82, 2.24) is 14.9 Å². The van der Waals surface area contributed by atoms with Gasteiger partial charge in [0.05, 0.1) is 5.56 Å². The quantitative estimate of drug-likeness (QED) is 0.555. The van der Waals surface area contributed by atoms with Crippen LogP contribution < -0.4 is 10.0 Å². The smallest absolute Gasteiger partial charge is 0.353 e. The first-order valence-corrected chi connectivity index (χ1v) is 12.6. The van der Waals surface area contributed by atoms with Gasteiger partial charge in [-0.15, -0.1) is 0 Å². The third-order valence-electron chi connectivity index (χ3n) is 5.51. The maximum absolute atomic E-state index is 12.9. The van der Waals surface area contributed by atoms with Gasteiger partial charge in [-0.2, -0.15) is 13.2 Å². The van der Waals surface area contributed by atoms with Crippen molar-refractivity contribution in [2.45, 2.75) is 38.0 Å². The highest BCUT2D eigenvalue weighted by Crippen LogP contribution is 2.30. The van der Waals surface area contributed by atoms with E-state index in [0.717, 1.165) is 17.0 Å². The highest BCUT2D eigenvalue weighted by Gasteiger charge is 2.30. The Hall–Kier alpha value is -2.69. The minimum absolute atomic E-state index is 0.0122. The molecule has 34 heavy (non-hydrogen) atoms. The summed E-state index contributed by atoms with van der Waals surface area (Å²) in [4.78, 5) is 14.3. The van der Waals surface area contributed by atoms with Crippen LogP contribution in [-0.4, -0.2) is 44.9 Å². The number of likely N-dealkylation sites (tertiary alicyclic amines) is 1. The second-order valence-corrected chi connectivity index (χ2v) is 9.87. The summed E-state index contributed by atoms with van der Waals surface area (Å²) in [5, 5.41) is 3.98. The van der Waals surface area contributed by atoms with Crippen molar-refractivity contribution in [3.8, 4) is 0 Å². The van der Waals surface area contributed by atoms with Gasteiger partial charge < -0.3 is 5.32 Å². The molecular formula is C24H28F3N3O3S. The molecule has 1 amide bonds. The molecule has 1 saturated heterocycles. The van der Waals surface area contributed by atoms with E-state index in [1.54, 1.807) is 30.3 Å². The molecule has 0 bridgehead atoms. The summed E-state index contributed by atoms with van der Waals surface area (Å²) in [7, 11) is -3.65. The van der Waals surface area contributed by atoms with Gasteiger partial charge in [0.25, 0.3) is 0 Å². The summed E-state index contributed by atoms with van der Waals surface area (Å²) >= 11 is 0. The zero-order valence-corrected chi connectivity index (χ0v) is 19.4. The number of nitrogens with one attached hydrogen (secondary N) is 2. The number of hydrogen-bond donors (Lipinski definition) is 2. The van der Waals surface area contributed by atoms with Gasteiger partial charge >= 0.3 is 6.18 Å². The van der Waals surface area contributed by atoms with Crippen LogP contribution in [0.4, 0.5) is 13.2 Å². The summed E-state index contributed by atoms with van der Waals surface area (Å²) in [6.45, 7) is 1.71. The Labute approximate surface area is 197 Å². The first kappa shape index (κ1) is 25.9. The van der Waals surface area contributed by atoms with Gasteiger partial charge in [-0.05, 0) is 36.1 Å². The first-order valence-electron chi connectivity index (χ1n) is 11.0. The van der Waals surface area contributed by atoms with Crippen molar-refractivity contribution >= 4 is 22.0 Å². The Balaban J connectivity index is 1.36. The summed E-state index contributed by atoms with van der Waals surface area (Å²) in [5.41, 5.74) is 0.703. The Morgan fingerprint density at radius 1 is 1.06 bits per heavy atom. The molecule has 1 aliphatic heterocycles. The van der Waals surface area contributed by atoms with Gasteiger partial charge in [0.2, 0.25) is 15.9 Å².